The Bertz CT molecular complexity index is 816. The zero-order valence-electron chi connectivity index (χ0n) is 13.6. The number of hydrogen-bond donors (Lipinski definition) is 0. The van der Waals surface area contributed by atoms with Gasteiger partial charge in [0.2, 0.25) is 5.90 Å². The summed E-state index contributed by atoms with van der Waals surface area (Å²) in [6, 6.07) is 17.5. The molecule has 1 aliphatic heterocycles. The lowest BCUT2D eigenvalue weighted by Crippen LogP contribution is -2.07. The maximum atomic E-state index is 11.9. The van der Waals surface area contributed by atoms with Crippen LogP contribution in [0.25, 0.3) is 6.08 Å². The molecule has 24 heavy (non-hydrogen) atoms. The molecule has 0 unspecified atom stereocenters. The van der Waals surface area contributed by atoms with Gasteiger partial charge in [-0.1, -0.05) is 42.5 Å². The van der Waals surface area contributed by atoms with E-state index < -0.39 is 5.97 Å². The summed E-state index contributed by atoms with van der Waals surface area (Å²) in [4.78, 5) is 18.2. The number of nitrogens with zero attached hydrogens (tertiary/aromatic N) is 2. The number of aliphatic imine (C=N–C) groups is 1. The molecular formula is C20H18N2O2. The maximum absolute atomic E-state index is 11.9. The van der Waals surface area contributed by atoms with E-state index in [0.717, 1.165) is 16.8 Å². The second-order valence-corrected chi connectivity index (χ2v) is 5.57. The molecule has 4 nitrogen and oxygen atoms in total. The van der Waals surface area contributed by atoms with Crippen LogP contribution in [0.5, 0.6) is 0 Å². The summed E-state index contributed by atoms with van der Waals surface area (Å²) in [5.41, 5.74) is 3.28. The molecule has 0 amide bonds. The Morgan fingerprint density at radius 3 is 2.38 bits per heavy atom. The highest BCUT2D eigenvalue weighted by molar-refractivity contribution is 6.11. The normalized spacial score (nSPS) is 15.7. The van der Waals surface area contributed by atoms with Crippen molar-refractivity contribution in [3.05, 3.63) is 83.6 Å². The number of benzene rings is 2. The van der Waals surface area contributed by atoms with Crippen molar-refractivity contribution in [3.8, 4) is 0 Å². The van der Waals surface area contributed by atoms with Crippen molar-refractivity contribution in [1.82, 2.24) is 0 Å². The minimum absolute atomic E-state index is 0.301. The van der Waals surface area contributed by atoms with Crippen LogP contribution in [0.2, 0.25) is 0 Å². The number of rotatable bonds is 4. The molecule has 2 aromatic carbocycles. The van der Waals surface area contributed by atoms with E-state index in [1.54, 1.807) is 12.2 Å². The van der Waals surface area contributed by atoms with Crippen molar-refractivity contribution in [1.29, 1.82) is 0 Å². The fourth-order valence-corrected chi connectivity index (χ4v) is 2.26. The van der Waals surface area contributed by atoms with Gasteiger partial charge in [0.15, 0.2) is 5.70 Å². The fourth-order valence-electron chi connectivity index (χ4n) is 2.26. The predicted octanol–water partition coefficient (Wildman–Crippen LogP) is 3.65. The molecule has 1 aliphatic rings. The Kier molecular flexibility index (Phi) is 4.57. The average Bonchev–Trinajstić information content (AvgIpc) is 2.97. The van der Waals surface area contributed by atoms with E-state index in [4.69, 9.17) is 4.74 Å². The lowest BCUT2D eigenvalue weighted by molar-refractivity contribution is -0.130. The first-order valence-corrected chi connectivity index (χ1v) is 7.65. The first-order valence-electron chi connectivity index (χ1n) is 7.65. The van der Waals surface area contributed by atoms with E-state index in [0.29, 0.717) is 11.6 Å². The lowest BCUT2D eigenvalue weighted by atomic mass is 10.2. The van der Waals surface area contributed by atoms with Gasteiger partial charge in [0, 0.05) is 25.3 Å². The van der Waals surface area contributed by atoms with Crippen LogP contribution in [-0.4, -0.2) is 26.0 Å². The maximum Gasteiger partial charge on any atom is 0.363 e. The number of ether oxygens (including phenoxy) is 1. The van der Waals surface area contributed by atoms with E-state index >= 15 is 0 Å². The number of carbonyl (C=O) groups is 1. The lowest BCUT2D eigenvalue weighted by Gasteiger charge is -2.11. The number of esters is 1. The molecule has 0 aromatic heterocycles. The summed E-state index contributed by atoms with van der Waals surface area (Å²) < 4.78 is 5.21. The first-order chi connectivity index (χ1) is 11.6. The van der Waals surface area contributed by atoms with Gasteiger partial charge < -0.3 is 9.64 Å². The molecule has 0 bridgehead atoms. The van der Waals surface area contributed by atoms with Gasteiger partial charge in [-0.25, -0.2) is 9.79 Å². The first kappa shape index (κ1) is 15.7. The van der Waals surface area contributed by atoms with Gasteiger partial charge in [0.05, 0.1) is 0 Å². The molecule has 1 heterocycles. The number of anilines is 1. The van der Waals surface area contributed by atoms with Crippen molar-refractivity contribution >= 4 is 23.6 Å². The average molecular weight is 318 g/mol. The van der Waals surface area contributed by atoms with Gasteiger partial charge in [0.25, 0.3) is 0 Å². The highest BCUT2D eigenvalue weighted by Crippen LogP contribution is 2.17. The molecule has 0 saturated heterocycles. The van der Waals surface area contributed by atoms with Crippen LogP contribution >= 0.6 is 0 Å². The van der Waals surface area contributed by atoms with Crippen LogP contribution in [0, 0.1) is 0 Å². The van der Waals surface area contributed by atoms with E-state index in [-0.39, 0.29) is 0 Å². The second kappa shape index (κ2) is 6.96. The molecule has 0 fully saturated rings. The summed E-state index contributed by atoms with van der Waals surface area (Å²) in [5.74, 6) is -0.0861. The molecule has 0 atom stereocenters. The standard InChI is InChI=1S/C20H18N2O2/c1-22(2)17-13-11-15(12-14-17)7-6-10-18-20(23)24-19(21-18)16-8-4-3-5-9-16/h3-14H,1-2H3. The van der Waals surface area contributed by atoms with E-state index in [9.17, 15) is 4.79 Å². The summed E-state index contributed by atoms with van der Waals surface area (Å²) in [5, 5.41) is 0. The van der Waals surface area contributed by atoms with Gasteiger partial charge in [-0.05, 0) is 35.9 Å². The third kappa shape index (κ3) is 3.60. The third-order valence-corrected chi connectivity index (χ3v) is 3.59. The highest BCUT2D eigenvalue weighted by atomic mass is 16.6. The Balaban J connectivity index is 1.74. The highest BCUT2D eigenvalue weighted by Gasteiger charge is 2.23. The quantitative estimate of drug-likeness (QED) is 0.638. The Morgan fingerprint density at radius 1 is 1.00 bits per heavy atom. The van der Waals surface area contributed by atoms with Crippen LogP contribution in [0.15, 0.2) is 77.4 Å². The minimum atomic E-state index is -0.429. The minimum Gasteiger partial charge on any atom is -0.402 e. The van der Waals surface area contributed by atoms with Crippen molar-refractivity contribution in [2.75, 3.05) is 19.0 Å². The number of cyclic esters (lactones) is 1. The zero-order valence-corrected chi connectivity index (χ0v) is 13.6. The smallest absolute Gasteiger partial charge is 0.363 e. The molecule has 0 N–H and O–H groups in total. The molecule has 4 heteroatoms. The summed E-state index contributed by atoms with van der Waals surface area (Å²) >= 11 is 0. The zero-order chi connectivity index (χ0) is 16.9. The number of carbonyl (C=O) groups excluding carboxylic acids is 1. The SMILES string of the molecule is CN(C)c1ccc(C=CC=C2N=C(c3ccccc3)OC2=O)cc1. The van der Waals surface area contributed by atoms with Gasteiger partial charge in [-0.15, -0.1) is 0 Å². The van der Waals surface area contributed by atoms with Crippen LogP contribution in [0.1, 0.15) is 11.1 Å². The van der Waals surface area contributed by atoms with Crippen LogP contribution in [-0.2, 0) is 9.53 Å². The van der Waals surface area contributed by atoms with E-state index in [1.165, 1.54) is 0 Å². The molecule has 0 aliphatic carbocycles. The van der Waals surface area contributed by atoms with Crippen LogP contribution in [0.3, 0.4) is 0 Å². The van der Waals surface area contributed by atoms with E-state index in [2.05, 4.69) is 4.99 Å². The van der Waals surface area contributed by atoms with Gasteiger partial charge >= 0.3 is 5.97 Å². The topological polar surface area (TPSA) is 41.9 Å². The monoisotopic (exact) mass is 318 g/mol. The fraction of sp³-hybridized carbons (Fsp3) is 0.100. The second-order valence-electron chi connectivity index (χ2n) is 5.57. The van der Waals surface area contributed by atoms with Crippen molar-refractivity contribution < 1.29 is 9.53 Å². The Morgan fingerprint density at radius 2 is 1.71 bits per heavy atom. The predicted molar refractivity (Wildman–Crippen MR) is 97.0 cm³/mol. The van der Waals surface area contributed by atoms with Crippen molar-refractivity contribution in [3.63, 3.8) is 0 Å². The molecule has 0 saturated carbocycles. The van der Waals surface area contributed by atoms with Crippen LogP contribution in [0.4, 0.5) is 5.69 Å². The van der Waals surface area contributed by atoms with Gasteiger partial charge in [-0.3, -0.25) is 0 Å². The molecule has 3 rings (SSSR count). The Labute approximate surface area is 141 Å². The largest absolute Gasteiger partial charge is 0.402 e. The van der Waals surface area contributed by atoms with Crippen LogP contribution < -0.4 is 4.90 Å². The molecule has 120 valence electrons. The van der Waals surface area contributed by atoms with Crippen molar-refractivity contribution in [2.45, 2.75) is 0 Å². The van der Waals surface area contributed by atoms with Gasteiger partial charge in [-0.2, -0.15) is 0 Å². The molecule has 0 spiro atoms. The van der Waals surface area contributed by atoms with E-state index in [1.807, 2.05) is 79.7 Å². The Hall–Kier alpha value is -3.14. The number of allylic oxidation sites excluding steroid dienone is 2. The third-order valence-electron chi connectivity index (χ3n) is 3.59. The summed E-state index contributed by atoms with van der Waals surface area (Å²) in [7, 11) is 4.01. The molecule has 0 radical (unpaired) electrons. The summed E-state index contributed by atoms with van der Waals surface area (Å²) in [6.07, 6.45) is 5.40. The van der Waals surface area contributed by atoms with Crippen molar-refractivity contribution in [2.24, 2.45) is 4.99 Å². The molecular weight excluding hydrogens is 300 g/mol. The molecule has 2 aromatic rings. The number of hydrogen-bond acceptors (Lipinski definition) is 4. The van der Waals surface area contributed by atoms with Gasteiger partial charge in [0.1, 0.15) is 0 Å². The summed E-state index contributed by atoms with van der Waals surface area (Å²) in [6.45, 7) is 0.